The summed E-state index contributed by atoms with van der Waals surface area (Å²) in [4.78, 5) is 0. The molecule has 0 aliphatic heterocycles. The van der Waals surface area contributed by atoms with E-state index in [1.165, 1.54) is 0 Å². The summed E-state index contributed by atoms with van der Waals surface area (Å²) < 4.78 is 0. The number of rotatable bonds is 1. The van der Waals surface area contributed by atoms with Crippen LogP contribution in [0.4, 0.5) is 0 Å². The van der Waals surface area contributed by atoms with Crippen molar-refractivity contribution in [2.75, 3.05) is 0 Å². The largest absolute Gasteiger partial charge is 0.506 e. The van der Waals surface area contributed by atoms with E-state index in [0.717, 1.165) is 11.1 Å². The Labute approximate surface area is 109 Å². The second kappa shape index (κ2) is 4.67. The third-order valence-electron chi connectivity index (χ3n) is 2.37. The summed E-state index contributed by atoms with van der Waals surface area (Å²) in [6.45, 7) is 0. The van der Waals surface area contributed by atoms with Gasteiger partial charge in [-0.1, -0.05) is 35.3 Å². The Kier molecular flexibility index (Phi) is 3.23. The molecule has 84 valence electrons. The van der Waals surface area contributed by atoms with Crippen molar-refractivity contribution < 1.29 is 5.11 Å². The lowest BCUT2D eigenvalue weighted by atomic mass is 10.0. The molecule has 2 aromatic carbocycles. The molecule has 1 N–H and O–H groups in total. The van der Waals surface area contributed by atoms with E-state index in [1.807, 2.05) is 6.07 Å². The molecule has 0 aliphatic rings. The minimum atomic E-state index is 0.0117. The van der Waals surface area contributed by atoms with E-state index in [0.29, 0.717) is 15.6 Å². The smallest absolute Gasteiger partial charge is 0.134 e. The Bertz CT molecular complexity index is 617. The van der Waals surface area contributed by atoms with Crippen molar-refractivity contribution in [3.8, 4) is 22.9 Å². The molecule has 2 rings (SSSR count). The molecule has 0 spiro atoms. The quantitative estimate of drug-likeness (QED) is 0.837. The maximum absolute atomic E-state index is 9.52. The number of phenolic OH excluding ortho intramolecular Hbond substituents is 1. The predicted octanol–water partition coefficient (Wildman–Crippen LogP) is 4.24. The average molecular weight is 264 g/mol. The highest BCUT2D eigenvalue weighted by atomic mass is 35.5. The van der Waals surface area contributed by atoms with Gasteiger partial charge in [-0.05, 0) is 35.4 Å². The Hall–Kier alpha value is -1.69. The van der Waals surface area contributed by atoms with E-state index >= 15 is 0 Å². The molecule has 0 fully saturated rings. The van der Waals surface area contributed by atoms with E-state index in [4.69, 9.17) is 28.5 Å². The Morgan fingerprint density at radius 3 is 2.12 bits per heavy atom. The fraction of sp³-hybridized carbons (Fsp3) is 0. The average Bonchev–Trinajstić information content (AvgIpc) is 2.33. The van der Waals surface area contributed by atoms with Gasteiger partial charge in [-0.3, -0.25) is 0 Å². The summed E-state index contributed by atoms with van der Waals surface area (Å²) in [5.74, 6) is 0.0117. The van der Waals surface area contributed by atoms with E-state index in [9.17, 15) is 5.11 Å². The molecular weight excluding hydrogens is 257 g/mol. The standard InChI is InChI=1S/C13H7Cl2NO/c14-11-3-1-8(5-10(11)7-16)9-2-4-12(15)13(17)6-9/h1-6,17H. The molecule has 0 unspecified atom stereocenters. The molecule has 0 saturated carbocycles. The van der Waals surface area contributed by atoms with Gasteiger partial charge in [-0.15, -0.1) is 0 Å². The summed E-state index contributed by atoms with van der Waals surface area (Å²) >= 11 is 11.6. The SMILES string of the molecule is N#Cc1cc(-c2ccc(Cl)c(O)c2)ccc1Cl. The summed E-state index contributed by atoms with van der Waals surface area (Å²) in [5.41, 5.74) is 1.98. The van der Waals surface area contributed by atoms with Gasteiger partial charge in [0.1, 0.15) is 11.8 Å². The lowest BCUT2D eigenvalue weighted by molar-refractivity contribution is 0.476. The molecule has 17 heavy (non-hydrogen) atoms. The fourth-order valence-electron chi connectivity index (χ4n) is 1.48. The summed E-state index contributed by atoms with van der Waals surface area (Å²) in [6.07, 6.45) is 0. The Morgan fingerprint density at radius 1 is 0.941 bits per heavy atom. The van der Waals surface area contributed by atoms with Crippen LogP contribution in [0.15, 0.2) is 36.4 Å². The van der Waals surface area contributed by atoms with Crippen molar-refractivity contribution in [3.63, 3.8) is 0 Å². The molecule has 0 radical (unpaired) electrons. The molecule has 4 heteroatoms. The lowest BCUT2D eigenvalue weighted by Gasteiger charge is -2.05. The maximum atomic E-state index is 9.52. The van der Waals surface area contributed by atoms with Gasteiger partial charge in [-0.2, -0.15) is 5.26 Å². The topological polar surface area (TPSA) is 44.0 Å². The predicted molar refractivity (Wildman–Crippen MR) is 68.3 cm³/mol. The van der Waals surface area contributed by atoms with Crippen molar-refractivity contribution in [3.05, 3.63) is 52.0 Å². The van der Waals surface area contributed by atoms with Gasteiger partial charge in [0.15, 0.2) is 0 Å². The zero-order chi connectivity index (χ0) is 12.4. The van der Waals surface area contributed by atoms with Gasteiger partial charge < -0.3 is 5.11 Å². The second-order valence-corrected chi connectivity index (χ2v) is 4.29. The van der Waals surface area contributed by atoms with Gasteiger partial charge in [0.05, 0.1) is 15.6 Å². The number of hydrogen-bond acceptors (Lipinski definition) is 2. The van der Waals surface area contributed by atoms with Crippen LogP contribution in [-0.2, 0) is 0 Å². The third-order valence-corrected chi connectivity index (χ3v) is 3.02. The molecule has 0 atom stereocenters. The minimum Gasteiger partial charge on any atom is -0.506 e. The fourth-order valence-corrected chi connectivity index (χ4v) is 1.76. The van der Waals surface area contributed by atoms with Crippen LogP contribution in [0.5, 0.6) is 5.75 Å². The van der Waals surface area contributed by atoms with Crippen LogP contribution in [0.25, 0.3) is 11.1 Å². The maximum Gasteiger partial charge on any atom is 0.134 e. The summed E-state index contributed by atoms with van der Waals surface area (Å²) in [6, 6.07) is 12.0. The third kappa shape index (κ3) is 2.36. The number of nitriles is 1. The van der Waals surface area contributed by atoms with Crippen molar-refractivity contribution in [2.24, 2.45) is 0 Å². The second-order valence-electron chi connectivity index (χ2n) is 3.47. The van der Waals surface area contributed by atoms with Gasteiger partial charge in [-0.25, -0.2) is 0 Å². The number of nitrogens with zero attached hydrogens (tertiary/aromatic N) is 1. The lowest BCUT2D eigenvalue weighted by Crippen LogP contribution is -1.82. The highest BCUT2D eigenvalue weighted by Crippen LogP contribution is 2.31. The Morgan fingerprint density at radius 2 is 1.53 bits per heavy atom. The highest BCUT2D eigenvalue weighted by Gasteiger charge is 2.05. The molecule has 0 saturated heterocycles. The molecule has 0 amide bonds. The zero-order valence-electron chi connectivity index (χ0n) is 8.61. The number of benzene rings is 2. The monoisotopic (exact) mass is 263 g/mol. The summed E-state index contributed by atoms with van der Waals surface area (Å²) in [7, 11) is 0. The Balaban J connectivity index is 2.54. The number of halogens is 2. The summed E-state index contributed by atoms with van der Waals surface area (Å²) in [5, 5.41) is 19.1. The molecule has 2 nitrogen and oxygen atoms in total. The zero-order valence-corrected chi connectivity index (χ0v) is 10.1. The van der Waals surface area contributed by atoms with E-state index in [-0.39, 0.29) is 5.75 Å². The first-order chi connectivity index (χ1) is 8.11. The number of hydrogen-bond donors (Lipinski definition) is 1. The van der Waals surface area contributed by atoms with Crippen LogP contribution in [0.2, 0.25) is 10.0 Å². The number of aromatic hydroxyl groups is 1. The minimum absolute atomic E-state index is 0.0117. The molecular formula is C13H7Cl2NO. The van der Waals surface area contributed by atoms with Crippen molar-refractivity contribution in [2.45, 2.75) is 0 Å². The first kappa shape index (κ1) is 11.8. The molecule has 0 aliphatic carbocycles. The van der Waals surface area contributed by atoms with Crippen LogP contribution in [-0.4, -0.2) is 5.11 Å². The van der Waals surface area contributed by atoms with Gasteiger partial charge in [0.25, 0.3) is 0 Å². The first-order valence-corrected chi connectivity index (χ1v) is 5.56. The van der Waals surface area contributed by atoms with Crippen LogP contribution in [0.1, 0.15) is 5.56 Å². The molecule has 2 aromatic rings. The number of phenols is 1. The van der Waals surface area contributed by atoms with Crippen LogP contribution in [0.3, 0.4) is 0 Å². The van der Waals surface area contributed by atoms with Gasteiger partial charge in [0, 0.05) is 0 Å². The first-order valence-electron chi connectivity index (χ1n) is 4.80. The normalized spacial score (nSPS) is 9.94. The van der Waals surface area contributed by atoms with Gasteiger partial charge in [0.2, 0.25) is 0 Å². The van der Waals surface area contributed by atoms with Crippen LogP contribution in [0, 0.1) is 11.3 Å². The highest BCUT2D eigenvalue weighted by molar-refractivity contribution is 6.32. The van der Waals surface area contributed by atoms with E-state index < -0.39 is 0 Å². The van der Waals surface area contributed by atoms with Crippen LogP contribution < -0.4 is 0 Å². The molecule has 0 heterocycles. The van der Waals surface area contributed by atoms with Crippen molar-refractivity contribution >= 4 is 23.2 Å². The molecule has 0 aromatic heterocycles. The van der Waals surface area contributed by atoms with E-state index in [2.05, 4.69) is 0 Å². The van der Waals surface area contributed by atoms with Gasteiger partial charge >= 0.3 is 0 Å². The molecule has 0 bridgehead atoms. The van der Waals surface area contributed by atoms with E-state index in [1.54, 1.807) is 36.4 Å². The van der Waals surface area contributed by atoms with Crippen LogP contribution >= 0.6 is 23.2 Å². The van der Waals surface area contributed by atoms with Crippen molar-refractivity contribution in [1.29, 1.82) is 5.26 Å². The van der Waals surface area contributed by atoms with Crippen molar-refractivity contribution in [1.82, 2.24) is 0 Å².